The summed E-state index contributed by atoms with van der Waals surface area (Å²) in [7, 11) is 0. The van der Waals surface area contributed by atoms with Gasteiger partial charge < -0.3 is 4.90 Å². The molecule has 26 heavy (non-hydrogen) atoms. The molecule has 1 aliphatic heterocycles. The zero-order valence-corrected chi connectivity index (χ0v) is 17.4. The highest BCUT2D eigenvalue weighted by Crippen LogP contribution is 2.33. The van der Waals surface area contributed by atoms with Gasteiger partial charge in [-0.1, -0.05) is 48.8 Å². The van der Waals surface area contributed by atoms with Gasteiger partial charge in [0.1, 0.15) is 10.7 Å². The number of nitrogens with zero attached hydrogens (tertiary/aromatic N) is 3. The van der Waals surface area contributed by atoms with Crippen LogP contribution in [0.2, 0.25) is 10.0 Å². The molecule has 1 aliphatic rings. The first kappa shape index (κ1) is 19.5. The van der Waals surface area contributed by atoms with Crippen molar-refractivity contribution in [2.45, 2.75) is 43.5 Å². The highest BCUT2D eigenvalue weighted by molar-refractivity contribution is 7.99. The second-order valence-corrected chi connectivity index (χ2v) is 9.16. The van der Waals surface area contributed by atoms with Crippen LogP contribution in [0.3, 0.4) is 0 Å². The molecule has 0 spiro atoms. The fourth-order valence-electron chi connectivity index (χ4n) is 2.80. The van der Waals surface area contributed by atoms with Crippen molar-refractivity contribution in [1.29, 1.82) is 0 Å². The van der Waals surface area contributed by atoms with Gasteiger partial charge in [-0.05, 0) is 43.4 Å². The number of likely N-dealkylation sites (tertiary alicyclic amines) is 1. The average molecular weight is 410 g/mol. The van der Waals surface area contributed by atoms with Crippen LogP contribution in [0, 0.1) is 12.3 Å². The SMILES string of the molecule is Cc1nc(C(=O)N2CCC(C)(C)CC2)cnc1Sc1ccc(Cl)c(Cl)c1. The molecule has 138 valence electrons. The fraction of sp³-hybridized carbons (Fsp3) is 0.421. The zero-order valence-electron chi connectivity index (χ0n) is 15.1. The molecular formula is C19H21Cl2N3OS. The van der Waals surface area contributed by atoms with E-state index >= 15 is 0 Å². The van der Waals surface area contributed by atoms with Gasteiger partial charge in [0.15, 0.2) is 0 Å². The van der Waals surface area contributed by atoms with E-state index in [-0.39, 0.29) is 5.91 Å². The maximum Gasteiger partial charge on any atom is 0.274 e. The Balaban J connectivity index is 1.73. The minimum absolute atomic E-state index is 0.0396. The van der Waals surface area contributed by atoms with Crippen molar-refractivity contribution in [2.24, 2.45) is 5.41 Å². The number of carbonyl (C=O) groups is 1. The standard InChI is InChI=1S/C19H21Cl2N3OS/c1-12-17(26-13-4-5-14(20)15(21)10-13)22-11-16(23-12)18(25)24-8-6-19(2,3)7-9-24/h4-5,10-11H,6-9H2,1-3H3. The van der Waals surface area contributed by atoms with Crippen LogP contribution in [0.25, 0.3) is 0 Å². The Morgan fingerprint density at radius 3 is 2.50 bits per heavy atom. The molecule has 0 N–H and O–H groups in total. The Morgan fingerprint density at radius 2 is 1.88 bits per heavy atom. The molecule has 0 atom stereocenters. The molecule has 4 nitrogen and oxygen atoms in total. The number of aryl methyl sites for hydroxylation is 1. The summed E-state index contributed by atoms with van der Waals surface area (Å²) in [4.78, 5) is 24.4. The lowest BCUT2D eigenvalue weighted by atomic mass is 9.82. The molecule has 3 rings (SSSR count). The number of aromatic nitrogens is 2. The predicted molar refractivity (Wildman–Crippen MR) is 106 cm³/mol. The first-order valence-electron chi connectivity index (χ1n) is 8.51. The number of rotatable bonds is 3. The Bertz CT molecular complexity index is 832. The van der Waals surface area contributed by atoms with Crippen LogP contribution in [-0.2, 0) is 0 Å². The second-order valence-electron chi connectivity index (χ2n) is 7.28. The third kappa shape index (κ3) is 4.51. The van der Waals surface area contributed by atoms with Gasteiger partial charge >= 0.3 is 0 Å². The molecule has 1 amide bonds. The minimum atomic E-state index is -0.0396. The number of amides is 1. The Labute approximate surface area is 168 Å². The maximum atomic E-state index is 12.7. The molecule has 2 aromatic rings. The van der Waals surface area contributed by atoms with E-state index in [1.54, 1.807) is 18.3 Å². The number of piperidine rings is 1. The van der Waals surface area contributed by atoms with Crippen LogP contribution in [0.1, 0.15) is 42.9 Å². The van der Waals surface area contributed by atoms with E-state index < -0.39 is 0 Å². The Hall–Kier alpha value is -1.30. The Morgan fingerprint density at radius 1 is 1.19 bits per heavy atom. The van der Waals surface area contributed by atoms with E-state index in [9.17, 15) is 4.79 Å². The topological polar surface area (TPSA) is 46.1 Å². The van der Waals surface area contributed by atoms with E-state index in [1.165, 1.54) is 11.8 Å². The molecule has 7 heteroatoms. The van der Waals surface area contributed by atoms with E-state index in [2.05, 4.69) is 23.8 Å². The largest absolute Gasteiger partial charge is 0.337 e. The fourth-order valence-corrected chi connectivity index (χ4v) is 4.00. The monoisotopic (exact) mass is 409 g/mol. The van der Waals surface area contributed by atoms with Gasteiger partial charge in [0.2, 0.25) is 0 Å². The van der Waals surface area contributed by atoms with E-state index in [1.807, 2.05) is 17.9 Å². The van der Waals surface area contributed by atoms with Crippen LogP contribution in [0.4, 0.5) is 0 Å². The summed E-state index contributed by atoms with van der Waals surface area (Å²) in [5, 5.41) is 1.77. The smallest absolute Gasteiger partial charge is 0.274 e. The molecule has 0 unspecified atom stereocenters. The average Bonchev–Trinajstić information content (AvgIpc) is 2.59. The van der Waals surface area contributed by atoms with Crippen molar-refractivity contribution in [2.75, 3.05) is 13.1 Å². The summed E-state index contributed by atoms with van der Waals surface area (Å²) in [6.07, 6.45) is 3.59. The van der Waals surface area contributed by atoms with Crippen molar-refractivity contribution < 1.29 is 4.79 Å². The summed E-state index contributed by atoms with van der Waals surface area (Å²) < 4.78 is 0. The van der Waals surface area contributed by atoms with Gasteiger partial charge in [0.05, 0.1) is 21.9 Å². The summed E-state index contributed by atoms with van der Waals surface area (Å²) in [6, 6.07) is 5.43. The van der Waals surface area contributed by atoms with Crippen LogP contribution in [0.5, 0.6) is 0 Å². The summed E-state index contributed by atoms with van der Waals surface area (Å²) in [5.41, 5.74) is 1.43. The number of hydrogen-bond donors (Lipinski definition) is 0. The second kappa shape index (κ2) is 7.75. The number of hydrogen-bond acceptors (Lipinski definition) is 4. The van der Waals surface area contributed by atoms with Gasteiger partial charge in [-0.3, -0.25) is 4.79 Å². The summed E-state index contributed by atoms with van der Waals surface area (Å²) >= 11 is 13.5. The third-order valence-corrected chi connectivity index (χ3v) is 6.45. The third-order valence-electron chi connectivity index (χ3n) is 4.63. The highest BCUT2D eigenvalue weighted by atomic mass is 35.5. The molecule has 0 bridgehead atoms. The lowest BCUT2D eigenvalue weighted by molar-refractivity contribution is 0.0623. The van der Waals surface area contributed by atoms with Gasteiger partial charge in [-0.25, -0.2) is 9.97 Å². The first-order chi connectivity index (χ1) is 12.2. The lowest BCUT2D eigenvalue weighted by Gasteiger charge is -2.36. The zero-order chi connectivity index (χ0) is 18.9. The van der Waals surface area contributed by atoms with Crippen molar-refractivity contribution >= 4 is 40.9 Å². The van der Waals surface area contributed by atoms with Crippen LogP contribution >= 0.6 is 35.0 Å². The van der Waals surface area contributed by atoms with Crippen molar-refractivity contribution in [3.05, 3.63) is 45.8 Å². The molecular weight excluding hydrogens is 389 g/mol. The normalized spacial score (nSPS) is 16.6. The molecule has 1 fully saturated rings. The Kier molecular flexibility index (Phi) is 5.80. The highest BCUT2D eigenvalue weighted by Gasteiger charge is 2.29. The minimum Gasteiger partial charge on any atom is -0.337 e. The van der Waals surface area contributed by atoms with Crippen molar-refractivity contribution in [3.63, 3.8) is 0 Å². The molecule has 1 saturated heterocycles. The molecule has 0 aliphatic carbocycles. The number of halogens is 2. The number of benzene rings is 1. The van der Waals surface area contributed by atoms with Crippen LogP contribution in [-0.4, -0.2) is 33.9 Å². The van der Waals surface area contributed by atoms with Gasteiger partial charge in [-0.15, -0.1) is 0 Å². The van der Waals surface area contributed by atoms with Gasteiger partial charge in [-0.2, -0.15) is 0 Å². The maximum absolute atomic E-state index is 12.7. The van der Waals surface area contributed by atoms with E-state index in [4.69, 9.17) is 23.2 Å². The van der Waals surface area contributed by atoms with E-state index in [0.29, 0.717) is 21.2 Å². The van der Waals surface area contributed by atoms with Crippen LogP contribution < -0.4 is 0 Å². The van der Waals surface area contributed by atoms with Crippen LogP contribution in [0.15, 0.2) is 34.3 Å². The molecule has 1 aromatic heterocycles. The first-order valence-corrected chi connectivity index (χ1v) is 10.1. The van der Waals surface area contributed by atoms with Crippen molar-refractivity contribution in [3.8, 4) is 0 Å². The molecule has 2 heterocycles. The quantitative estimate of drug-likeness (QED) is 0.670. The summed E-state index contributed by atoms with van der Waals surface area (Å²) in [5.74, 6) is -0.0396. The van der Waals surface area contributed by atoms with Gasteiger partial charge in [0, 0.05) is 18.0 Å². The van der Waals surface area contributed by atoms with E-state index in [0.717, 1.165) is 41.5 Å². The lowest BCUT2D eigenvalue weighted by Crippen LogP contribution is -2.41. The summed E-state index contributed by atoms with van der Waals surface area (Å²) in [6.45, 7) is 7.89. The molecule has 1 aromatic carbocycles. The van der Waals surface area contributed by atoms with Crippen molar-refractivity contribution in [1.82, 2.24) is 14.9 Å². The predicted octanol–water partition coefficient (Wildman–Crippen LogP) is 5.51. The molecule has 0 radical (unpaired) electrons. The van der Waals surface area contributed by atoms with Gasteiger partial charge in [0.25, 0.3) is 5.91 Å². The number of carbonyl (C=O) groups excluding carboxylic acids is 1. The molecule has 0 saturated carbocycles.